The molecule has 1 saturated carbocycles. The fourth-order valence-corrected chi connectivity index (χ4v) is 1.83. The van der Waals surface area contributed by atoms with Crippen molar-refractivity contribution in [1.29, 1.82) is 0 Å². The maximum atomic E-state index is 10.7. The molecule has 0 bridgehead atoms. The Kier molecular flexibility index (Phi) is 2.31. The maximum Gasteiger partial charge on any atom is 0.252 e. The third kappa shape index (κ3) is 1.87. The molecular weight excluding hydrogens is 207 g/mol. The van der Waals surface area contributed by atoms with Gasteiger partial charge in [-0.2, -0.15) is 0 Å². The highest BCUT2D eigenvalue weighted by Crippen LogP contribution is 2.45. The van der Waals surface area contributed by atoms with E-state index in [-0.39, 0.29) is 5.38 Å². The molecule has 0 unspecified atom stereocenters. The highest BCUT2D eigenvalue weighted by Gasteiger charge is 2.36. The molecule has 0 aromatic heterocycles. The molecule has 3 heteroatoms. The second kappa shape index (κ2) is 3.32. The zero-order valence-corrected chi connectivity index (χ0v) is 8.35. The van der Waals surface area contributed by atoms with Gasteiger partial charge in [-0.25, -0.2) is 0 Å². The molecule has 2 rings (SSSR count). The number of carbonyl (C=O) groups excluding carboxylic acids is 1. The van der Waals surface area contributed by atoms with Crippen LogP contribution in [0.4, 0.5) is 0 Å². The first-order valence-corrected chi connectivity index (χ1v) is 4.94. The van der Waals surface area contributed by atoms with Gasteiger partial charge in [0.05, 0.1) is 0 Å². The number of hydrogen-bond acceptors (Lipinski definition) is 1. The summed E-state index contributed by atoms with van der Waals surface area (Å²) in [6, 6.07) is 7.32. The summed E-state index contributed by atoms with van der Waals surface area (Å²) in [5.41, 5.74) is 1.74. The Labute approximate surface area is 86.7 Å². The monoisotopic (exact) mass is 214 g/mol. The van der Waals surface area contributed by atoms with Gasteiger partial charge in [0.25, 0.3) is 5.24 Å². The predicted octanol–water partition coefficient (Wildman–Crippen LogP) is 3.16. The Morgan fingerprint density at radius 2 is 1.85 bits per heavy atom. The maximum absolute atomic E-state index is 10.7. The summed E-state index contributed by atoms with van der Waals surface area (Å²) in [4.78, 5) is 10.7. The number of carbonyl (C=O) groups is 1. The number of rotatable bonds is 2. The summed E-state index contributed by atoms with van der Waals surface area (Å²) in [6.45, 7) is 0. The average molecular weight is 215 g/mol. The normalized spacial score (nSPS) is 25.7. The van der Waals surface area contributed by atoms with Gasteiger partial charge in [-0.05, 0) is 35.7 Å². The van der Waals surface area contributed by atoms with Crippen LogP contribution in [0.15, 0.2) is 24.3 Å². The van der Waals surface area contributed by atoms with Crippen molar-refractivity contribution >= 4 is 28.4 Å². The lowest BCUT2D eigenvalue weighted by Gasteiger charge is -1.98. The SMILES string of the molecule is O=C(Cl)c1ccc([C@@H]2C[C@@H]2Cl)cc1. The Hall–Kier alpha value is -0.530. The quantitative estimate of drug-likeness (QED) is 0.547. The largest absolute Gasteiger partial charge is 0.276 e. The highest BCUT2D eigenvalue weighted by molar-refractivity contribution is 6.67. The highest BCUT2D eigenvalue weighted by atomic mass is 35.5. The number of halogens is 2. The van der Waals surface area contributed by atoms with E-state index in [1.165, 1.54) is 5.56 Å². The Morgan fingerprint density at radius 1 is 1.31 bits per heavy atom. The average Bonchev–Trinajstić information content (AvgIpc) is 2.83. The first kappa shape index (κ1) is 9.04. The van der Waals surface area contributed by atoms with Gasteiger partial charge in [0, 0.05) is 16.9 Å². The minimum absolute atomic E-state index is 0.276. The standard InChI is InChI=1S/C10H8Cl2O/c11-9-5-8(9)6-1-3-7(4-2-6)10(12)13/h1-4,8-9H,5H2/t8-,9-/m0/s1. The molecule has 1 fully saturated rings. The first-order valence-electron chi connectivity index (χ1n) is 4.12. The molecule has 0 amide bonds. The number of benzene rings is 1. The molecule has 1 aromatic rings. The topological polar surface area (TPSA) is 17.1 Å². The van der Waals surface area contributed by atoms with E-state index in [4.69, 9.17) is 23.2 Å². The molecule has 1 nitrogen and oxygen atoms in total. The lowest BCUT2D eigenvalue weighted by molar-refractivity contribution is 0.108. The fourth-order valence-electron chi connectivity index (χ4n) is 1.37. The van der Waals surface area contributed by atoms with E-state index >= 15 is 0 Å². The third-order valence-electron chi connectivity index (χ3n) is 2.28. The van der Waals surface area contributed by atoms with Crippen LogP contribution in [-0.2, 0) is 0 Å². The summed E-state index contributed by atoms with van der Waals surface area (Å²) < 4.78 is 0. The van der Waals surface area contributed by atoms with Gasteiger partial charge in [0.15, 0.2) is 0 Å². The van der Waals surface area contributed by atoms with Crippen molar-refractivity contribution < 1.29 is 4.79 Å². The molecular formula is C10H8Cl2O. The van der Waals surface area contributed by atoms with Crippen LogP contribution < -0.4 is 0 Å². The molecule has 0 radical (unpaired) electrons. The third-order valence-corrected chi connectivity index (χ3v) is 2.98. The van der Waals surface area contributed by atoms with Crippen molar-refractivity contribution in [3.63, 3.8) is 0 Å². The van der Waals surface area contributed by atoms with E-state index in [1.54, 1.807) is 12.1 Å². The summed E-state index contributed by atoms with van der Waals surface area (Å²) in [7, 11) is 0. The molecule has 1 aromatic carbocycles. The molecule has 0 spiro atoms. The number of hydrogen-bond donors (Lipinski definition) is 0. The van der Waals surface area contributed by atoms with Gasteiger partial charge in [-0.3, -0.25) is 4.79 Å². The van der Waals surface area contributed by atoms with E-state index in [0.717, 1.165) is 6.42 Å². The van der Waals surface area contributed by atoms with E-state index in [0.29, 0.717) is 11.5 Å². The van der Waals surface area contributed by atoms with Crippen LogP contribution in [0.2, 0.25) is 0 Å². The molecule has 0 saturated heterocycles. The molecule has 68 valence electrons. The first-order chi connectivity index (χ1) is 6.18. The van der Waals surface area contributed by atoms with Gasteiger partial charge in [-0.1, -0.05) is 12.1 Å². The fraction of sp³-hybridized carbons (Fsp3) is 0.300. The summed E-state index contributed by atoms with van der Waals surface area (Å²) in [6.07, 6.45) is 1.04. The van der Waals surface area contributed by atoms with E-state index in [2.05, 4.69) is 0 Å². The van der Waals surface area contributed by atoms with Crippen molar-refractivity contribution in [2.75, 3.05) is 0 Å². The molecule has 2 atom stereocenters. The van der Waals surface area contributed by atoms with Crippen LogP contribution in [0.5, 0.6) is 0 Å². The molecule has 13 heavy (non-hydrogen) atoms. The predicted molar refractivity (Wildman–Crippen MR) is 53.6 cm³/mol. The Morgan fingerprint density at radius 3 is 2.23 bits per heavy atom. The second-order valence-electron chi connectivity index (χ2n) is 3.25. The zero-order chi connectivity index (χ0) is 9.42. The van der Waals surface area contributed by atoms with Crippen molar-refractivity contribution in [3.05, 3.63) is 35.4 Å². The van der Waals surface area contributed by atoms with Crippen molar-refractivity contribution in [1.82, 2.24) is 0 Å². The summed E-state index contributed by atoms with van der Waals surface area (Å²) >= 11 is 11.2. The number of alkyl halides is 1. The van der Waals surface area contributed by atoms with Crippen LogP contribution in [-0.4, -0.2) is 10.6 Å². The van der Waals surface area contributed by atoms with E-state index < -0.39 is 5.24 Å². The van der Waals surface area contributed by atoms with Crippen molar-refractivity contribution in [2.45, 2.75) is 17.7 Å². The Balaban J connectivity index is 2.19. The van der Waals surface area contributed by atoms with Gasteiger partial charge < -0.3 is 0 Å². The van der Waals surface area contributed by atoms with Gasteiger partial charge in [-0.15, -0.1) is 11.6 Å². The molecule has 1 aliphatic rings. The van der Waals surface area contributed by atoms with Crippen LogP contribution in [0.3, 0.4) is 0 Å². The smallest absolute Gasteiger partial charge is 0.252 e. The summed E-state index contributed by atoms with van der Waals surface area (Å²) in [5.74, 6) is 0.473. The van der Waals surface area contributed by atoms with E-state index in [1.807, 2.05) is 12.1 Å². The van der Waals surface area contributed by atoms with Gasteiger partial charge in [0.1, 0.15) is 0 Å². The molecule has 1 aliphatic carbocycles. The van der Waals surface area contributed by atoms with Crippen molar-refractivity contribution in [3.8, 4) is 0 Å². The van der Waals surface area contributed by atoms with Gasteiger partial charge >= 0.3 is 0 Å². The minimum Gasteiger partial charge on any atom is -0.276 e. The molecule has 0 heterocycles. The van der Waals surface area contributed by atoms with Gasteiger partial charge in [0.2, 0.25) is 0 Å². The van der Waals surface area contributed by atoms with Crippen LogP contribution in [0.1, 0.15) is 28.3 Å². The van der Waals surface area contributed by atoms with Crippen molar-refractivity contribution in [2.24, 2.45) is 0 Å². The van der Waals surface area contributed by atoms with Crippen LogP contribution in [0, 0.1) is 0 Å². The lowest BCUT2D eigenvalue weighted by Crippen LogP contribution is -1.89. The minimum atomic E-state index is -0.412. The second-order valence-corrected chi connectivity index (χ2v) is 4.16. The van der Waals surface area contributed by atoms with Crippen LogP contribution in [0.25, 0.3) is 0 Å². The Bertz CT molecular complexity index is 331. The zero-order valence-electron chi connectivity index (χ0n) is 6.84. The van der Waals surface area contributed by atoms with Crippen LogP contribution >= 0.6 is 23.2 Å². The molecule has 0 N–H and O–H groups in total. The van der Waals surface area contributed by atoms with E-state index in [9.17, 15) is 4.79 Å². The lowest BCUT2D eigenvalue weighted by atomic mass is 10.1. The molecule has 0 aliphatic heterocycles. The summed E-state index contributed by atoms with van der Waals surface area (Å²) in [5, 5.41) is -0.137.